The van der Waals surface area contributed by atoms with Crippen molar-refractivity contribution in [2.75, 3.05) is 6.61 Å². The molecule has 0 radical (unpaired) electrons. The molecule has 1 aliphatic carbocycles. The Morgan fingerprint density at radius 1 is 1.14 bits per heavy atom. The Balaban J connectivity index is 1.12. The largest absolute Gasteiger partial charge is 0.352 e. The van der Waals surface area contributed by atoms with Crippen molar-refractivity contribution in [3.8, 4) is 5.69 Å². The van der Waals surface area contributed by atoms with Gasteiger partial charge in [0.2, 0.25) is 15.8 Å². The van der Waals surface area contributed by atoms with Crippen LogP contribution in [0.4, 0.5) is 0 Å². The van der Waals surface area contributed by atoms with E-state index in [1.54, 1.807) is 23.0 Å². The van der Waals surface area contributed by atoms with Gasteiger partial charge in [0.1, 0.15) is 0 Å². The van der Waals surface area contributed by atoms with Crippen LogP contribution in [0.15, 0.2) is 35.4 Å². The van der Waals surface area contributed by atoms with E-state index in [1.807, 2.05) is 6.92 Å². The first-order valence-corrected chi connectivity index (χ1v) is 14.5. The first-order valence-electron chi connectivity index (χ1n) is 13.0. The molecule has 11 nitrogen and oxygen atoms in total. The maximum Gasteiger partial charge on any atom is 0.238 e. The van der Waals surface area contributed by atoms with Crippen molar-refractivity contribution in [1.29, 1.82) is 0 Å². The van der Waals surface area contributed by atoms with Crippen LogP contribution in [0.25, 0.3) is 5.69 Å². The molecule has 2 N–H and O–H groups in total. The number of nitrogens with two attached hydrogens (primary N) is 1. The fraction of sp³-hybridized carbons (Fsp3) is 0.680. The number of hydrogen-bond donors (Lipinski definition) is 1. The summed E-state index contributed by atoms with van der Waals surface area (Å²) < 4.78 is 43.6. The standard InChI is InChI=1S/C25H34N4O7S/c1-15-4-9-21-16(2)22(33-23-25(21)20(15)10-12-24(3,34-23)35-36-25)32-13-11-17-14-29(28-27-17)18-5-7-19(8-6-18)37(26,30)31/h5-8,14-16,20-23H,4,9-13H2,1-3H3,(H2,26,30,31)/t15-,16-,20+,21+,22+,23-,24-,25-/m1/s1. The van der Waals surface area contributed by atoms with Gasteiger partial charge in [-0.1, -0.05) is 19.1 Å². The quantitative estimate of drug-likeness (QED) is 0.555. The molecule has 8 atom stereocenters. The lowest BCUT2D eigenvalue weighted by molar-refractivity contribution is -0.577. The molecule has 2 aromatic rings. The smallest absolute Gasteiger partial charge is 0.238 e. The first kappa shape index (κ1) is 25.4. The topological polar surface area (TPSA) is 137 Å². The Hall–Kier alpha value is -1.93. The van der Waals surface area contributed by atoms with Crippen molar-refractivity contribution in [3.63, 3.8) is 0 Å². The Kier molecular flexibility index (Phi) is 6.22. The first-order chi connectivity index (χ1) is 17.6. The molecule has 5 heterocycles. The van der Waals surface area contributed by atoms with E-state index in [4.69, 9.17) is 29.1 Å². The maximum atomic E-state index is 11.5. The second-order valence-electron chi connectivity index (χ2n) is 11.1. The highest BCUT2D eigenvalue weighted by molar-refractivity contribution is 7.89. The highest BCUT2D eigenvalue weighted by atomic mass is 32.2. The molecule has 7 rings (SSSR count). The number of nitrogens with zero attached hydrogens (tertiary/aromatic N) is 3. The van der Waals surface area contributed by atoms with Crippen LogP contribution in [-0.4, -0.2) is 54.0 Å². The third-order valence-electron chi connectivity index (χ3n) is 8.71. The van der Waals surface area contributed by atoms with Gasteiger partial charge in [0.05, 0.1) is 29.1 Å². The van der Waals surface area contributed by atoms with Crippen LogP contribution in [0.1, 0.15) is 52.1 Å². The molecule has 5 aliphatic rings. The summed E-state index contributed by atoms with van der Waals surface area (Å²) >= 11 is 0. The number of ether oxygens (including phenoxy) is 3. The highest BCUT2D eigenvalue weighted by Gasteiger charge is 2.69. The van der Waals surface area contributed by atoms with E-state index in [0.717, 1.165) is 31.4 Å². The van der Waals surface area contributed by atoms with Gasteiger partial charge in [-0.15, -0.1) is 5.10 Å². The number of sulfonamides is 1. The van der Waals surface area contributed by atoms with Crippen molar-refractivity contribution >= 4 is 10.0 Å². The molecule has 4 saturated heterocycles. The van der Waals surface area contributed by atoms with Crippen LogP contribution in [0.3, 0.4) is 0 Å². The predicted molar refractivity (Wildman–Crippen MR) is 129 cm³/mol. The zero-order valence-corrected chi connectivity index (χ0v) is 22.1. The van der Waals surface area contributed by atoms with Gasteiger partial charge < -0.3 is 14.2 Å². The van der Waals surface area contributed by atoms with Crippen LogP contribution < -0.4 is 5.14 Å². The summed E-state index contributed by atoms with van der Waals surface area (Å²) in [6.07, 6.45) is 5.30. The Labute approximate surface area is 216 Å². The number of fused-ring (bicyclic) bond motifs is 2. The monoisotopic (exact) mass is 534 g/mol. The van der Waals surface area contributed by atoms with Gasteiger partial charge in [-0.3, -0.25) is 0 Å². The van der Waals surface area contributed by atoms with E-state index in [0.29, 0.717) is 30.6 Å². The number of hydrogen-bond acceptors (Lipinski definition) is 9. The minimum Gasteiger partial charge on any atom is -0.352 e. The summed E-state index contributed by atoms with van der Waals surface area (Å²) in [6, 6.07) is 6.15. The van der Waals surface area contributed by atoms with Gasteiger partial charge in [0.25, 0.3) is 0 Å². The number of primary sulfonamides is 1. The summed E-state index contributed by atoms with van der Waals surface area (Å²) in [5.41, 5.74) is 0.823. The number of rotatable bonds is 6. The second kappa shape index (κ2) is 9.08. The average molecular weight is 535 g/mol. The van der Waals surface area contributed by atoms with E-state index < -0.39 is 34.0 Å². The van der Waals surface area contributed by atoms with Gasteiger partial charge in [0, 0.05) is 24.7 Å². The summed E-state index contributed by atoms with van der Waals surface area (Å²) in [7, 11) is -3.75. The molecule has 5 fully saturated rings. The van der Waals surface area contributed by atoms with Crippen molar-refractivity contribution in [2.45, 2.75) is 81.7 Å². The molecule has 1 aromatic heterocycles. The lowest BCUT2D eigenvalue weighted by atomic mass is 9.58. The third-order valence-corrected chi connectivity index (χ3v) is 9.64. The minimum absolute atomic E-state index is 0.0453. The van der Waals surface area contributed by atoms with Gasteiger partial charge in [-0.05, 0) is 62.3 Å². The van der Waals surface area contributed by atoms with Crippen molar-refractivity contribution in [1.82, 2.24) is 15.0 Å². The maximum absolute atomic E-state index is 11.5. The summed E-state index contributed by atoms with van der Waals surface area (Å²) in [4.78, 5) is 12.1. The van der Waals surface area contributed by atoms with Gasteiger partial charge in [-0.2, -0.15) is 0 Å². The molecular formula is C25H34N4O7S. The lowest BCUT2D eigenvalue weighted by Gasteiger charge is -2.60. The fourth-order valence-electron chi connectivity index (χ4n) is 6.67. The molecule has 4 aliphatic heterocycles. The molecule has 1 spiro atoms. The molecule has 0 amide bonds. The molecular weight excluding hydrogens is 500 g/mol. The van der Waals surface area contributed by atoms with E-state index in [1.165, 1.54) is 12.1 Å². The average Bonchev–Trinajstić information content (AvgIpc) is 3.21. The minimum atomic E-state index is -3.75. The van der Waals surface area contributed by atoms with Gasteiger partial charge in [0.15, 0.2) is 18.2 Å². The fourth-order valence-corrected chi connectivity index (χ4v) is 7.19. The molecule has 202 valence electrons. The van der Waals surface area contributed by atoms with Crippen LogP contribution in [0.2, 0.25) is 0 Å². The predicted octanol–water partition coefficient (Wildman–Crippen LogP) is 2.68. The summed E-state index contributed by atoms with van der Waals surface area (Å²) in [5.74, 6) is 0.333. The normalized spacial score (nSPS) is 39.2. The molecule has 0 unspecified atom stereocenters. The van der Waals surface area contributed by atoms with Crippen LogP contribution in [0.5, 0.6) is 0 Å². The molecule has 12 heteroatoms. The molecule has 1 saturated carbocycles. The van der Waals surface area contributed by atoms with Crippen molar-refractivity contribution in [2.24, 2.45) is 28.8 Å². The second-order valence-corrected chi connectivity index (χ2v) is 12.6. The zero-order valence-electron chi connectivity index (χ0n) is 21.3. The van der Waals surface area contributed by atoms with Crippen molar-refractivity contribution < 1.29 is 32.4 Å². The van der Waals surface area contributed by atoms with E-state index >= 15 is 0 Å². The number of benzene rings is 1. The van der Waals surface area contributed by atoms with Crippen LogP contribution >= 0.6 is 0 Å². The highest BCUT2D eigenvalue weighted by Crippen LogP contribution is 2.60. The molecule has 2 bridgehead atoms. The zero-order chi connectivity index (χ0) is 26.0. The third kappa shape index (κ3) is 4.32. The summed E-state index contributed by atoms with van der Waals surface area (Å²) in [5, 5.41) is 13.6. The Morgan fingerprint density at radius 2 is 1.92 bits per heavy atom. The summed E-state index contributed by atoms with van der Waals surface area (Å²) in [6.45, 7) is 6.78. The van der Waals surface area contributed by atoms with E-state index in [2.05, 4.69) is 24.2 Å². The van der Waals surface area contributed by atoms with E-state index in [-0.39, 0.29) is 16.7 Å². The Bertz CT molecular complexity index is 1250. The van der Waals surface area contributed by atoms with E-state index in [9.17, 15) is 8.42 Å². The molecule has 37 heavy (non-hydrogen) atoms. The Morgan fingerprint density at radius 3 is 2.68 bits per heavy atom. The van der Waals surface area contributed by atoms with Crippen LogP contribution in [-0.2, 0) is 40.4 Å². The number of aromatic nitrogens is 3. The SMILES string of the molecule is C[C@H]1[C@@H](OCCc2cn(-c3ccc(S(N)(=O)=O)cc3)nn2)O[C@@H]2O[C@@]3(C)CC[C@H]4[C@H](C)CC[C@@H]1[C@@]24OO3. The van der Waals surface area contributed by atoms with Crippen LogP contribution in [0, 0.1) is 23.7 Å². The lowest BCUT2D eigenvalue weighted by Crippen LogP contribution is -2.70. The van der Waals surface area contributed by atoms with Gasteiger partial charge >= 0.3 is 0 Å². The van der Waals surface area contributed by atoms with Gasteiger partial charge in [-0.25, -0.2) is 28.0 Å². The molecule has 1 aromatic carbocycles. The van der Waals surface area contributed by atoms with Crippen molar-refractivity contribution in [3.05, 3.63) is 36.2 Å².